The van der Waals surface area contributed by atoms with Crippen LogP contribution >= 0.6 is 0 Å². The molecule has 0 aliphatic heterocycles. The van der Waals surface area contributed by atoms with E-state index in [0.717, 1.165) is 5.96 Å². The summed E-state index contributed by atoms with van der Waals surface area (Å²) < 4.78 is 0. The summed E-state index contributed by atoms with van der Waals surface area (Å²) in [7, 11) is 7.65. The Morgan fingerprint density at radius 1 is 0.645 bits per heavy atom. The monoisotopic (exact) mass is 415 g/mol. The van der Waals surface area contributed by atoms with Gasteiger partial charge in [0.25, 0.3) is 0 Å². The Morgan fingerprint density at radius 2 is 0.968 bits per heavy atom. The van der Waals surface area contributed by atoms with E-state index in [1.165, 1.54) is 35.6 Å². The van der Waals surface area contributed by atoms with Crippen molar-refractivity contribution in [3.05, 3.63) is 91.0 Å². The van der Waals surface area contributed by atoms with Gasteiger partial charge in [-0.3, -0.25) is 15.2 Å². The van der Waals surface area contributed by atoms with Gasteiger partial charge in [0.05, 0.1) is 34.3 Å². The Balaban J connectivity index is 0.000000366. The van der Waals surface area contributed by atoms with Gasteiger partial charge in [-0.15, -0.1) is 0 Å². The van der Waals surface area contributed by atoms with Crippen LogP contribution in [0.25, 0.3) is 0 Å². The van der Waals surface area contributed by atoms with Gasteiger partial charge in [0.2, 0.25) is 0 Å². The lowest BCUT2D eigenvalue weighted by atomic mass is 9.14. The molecule has 0 atom stereocenters. The molecule has 0 radical (unpaired) electrons. The summed E-state index contributed by atoms with van der Waals surface area (Å²) in [5.74, 6) is 0.769. The zero-order valence-corrected chi connectivity index (χ0v) is 19.8. The number of nitrogens with zero attached hydrogens (tertiary/aromatic N) is 2. The van der Waals surface area contributed by atoms with E-state index in [-0.39, 0.29) is 0 Å². The zero-order chi connectivity index (χ0) is 22.7. The minimum atomic E-state index is -0.913. The summed E-state index contributed by atoms with van der Waals surface area (Å²) >= 11 is 0. The van der Waals surface area contributed by atoms with Crippen molar-refractivity contribution in [1.29, 1.82) is 0 Å². The van der Waals surface area contributed by atoms with Crippen LogP contribution in [0.15, 0.2) is 91.0 Å². The number of rotatable bonds is 6. The molecular formula is C27H38BN3. The third-order valence-corrected chi connectivity index (χ3v) is 6.01. The maximum atomic E-state index is 5.53. The van der Waals surface area contributed by atoms with Crippen LogP contribution in [0.2, 0.25) is 6.32 Å². The molecule has 3 aromatic rings. The first kappa shape index (κ1) is 24.3. The molecular weight excluding hydrogens is 377 g/mol. The van der Waals surface area contributed by atoms with Gasteiger partial charge in [-0.25, -0.2) is 0 Å². The molecule has 4 heteroatoms. The predicted octanol–water partition coefficient (Wildman–Crippen LogP) is 2.18. The summed E-state index contributed by atoms with van der Waals surface area (Å²) in [5, 5.41) is 5.53. The largest absolute Gasteiger partial charge is 0.344 e. The van der Waals surface area contributed by atoms with Gasteiger partial charge in [-0.2, -0.15) is 22.7 Å². The molecule has 0 aliphatic rings. The lowest BCUT2D eigenvalue weighted by Gasteiger charge is -2.43. The Labute approximate surface area is 189 Å². The van der Waals surface area contributed by atoms with E-state index in [4.69, 9.17) is 5.41 Å². The van der Waals surface area contributed by atoms with E-state index >= 15 is 0 Å². The normalized spacial score (nSPS) is 10.6. The molecule has 0 saturated carbocycles. The van der Waals surface area contributed by atoms with Crippen LogP contribution in [0.1, 0.15) is 19.8 Å². The van der Waals surface area contributed by atoms with Gasteiger partial charge in [-0.05, 0) is 0 Å². The predicted molar refractivity (Wildman–Crippen MR) is 138 cm³/mol. The van der Waals surface area contributed by atoms with E-state index in [0.29, 0.717) is 0 Å². The molecule has 3 aromatic carbocycles. The molecule has 0 unspecified atom stereocenters. The lowest BCUT2D eigenvalue weighted by molar-refractivity contribution is -0.139. The second kappa shape index (κ2) is 12.0. The van der Waals surface area contributed by atoms with Crippen molar-refractivity contribution in [2.75, 3.05) is 28.2 Å². The molecule has 0 amide bonds. The van der Waals surface area contributed by atoms with Crippen LogP contribution in [-0.4, -0.2) is 50.1 Å². The van der Waals surface area contributed by atoms with Crippen molar-refractivity contribution in [1.82, 2.24) is 9.80 Å². The minimum absolute atomic E-state index is 0.769. The number of hydrogen-bond donors (Lipinski definition) is 1. The fourth-order valence-electron chi connectivity index (χ4n) is 4.33. The third-order valence-electron chi connectivity index (χ3n) is 6.01. The van der Waals surface area contributed by atoms with Gasteiger partial charge < -0.3 is 0 Å². The maximum absolute atomic E-state index is 5.53. The average Bonchev–Trinajstić information content (AvgIpc) is 2.81. The van der Waals surface area contributed by atoms with Crippen molar-refractivity contribution < 1.29 is 5.41 Å². The van der Waals surface area contributed by atoms with E-state index < -0.39 is 6.15 Å². The first-order valence-corrected chi connectivity index (χ1v) is 11.2. The van der Waals surface area contributed by atoms with Crippen LogP contribution in [-0.2, 0) is 0 Å². The molecule has 0 saturated heterocycles. The highest BCUT2D eigenvalue weighted by molar-refractivity contribution is 7.11. The zero-order valence-electron chi connectivity index (χ0n) is 19.8. The molecule has 0 bridgehead atoms. The van der Waals surface area contributed by atoms with E-state index in [1.54, 1.807) is 0 Å². The molecule has 3 nitrogen and oxygen atoms in total. The fourth-order valence-corrected chi connectivity index (χ4v) is 4.33. The summed E-state index contributed by atoms with van der Waals surface area (Å²) in [4.78, 5) is 3.72. The quantitative estimate of drug-likeness (QED) is 0.380. The lowest BCUT2D eigenvalue weighted by Crippen LogP contribution is -2.66. The smallest absolute Gasteiger partial charge is 0.291 e. The summed E-state index contributed by atoms with van der Waals surface area (Å²) in [6, 6.07) is 33.2. The Bertz CT molecular complexity index is 787. The fraction of sp³-hybridized carbons (Fsp3) is 0.296. The first-order valence-electron chi connectivity index (χ1n) is 11.2. The topological polar surface area (TPSA) is 32.1 Å². The van der Waals surface area contributed by atoms with Gasteiger partial charge in [0.1, 0.15) is 0 Å². The first-order chi connectivity index (χ1) is 14.9. The highest BCUT2D eigenvalue weighted by Crippen LogP contribution is 2.16. The third kappa shape index (κ3) is 6.24. The minimum Gasteiger partial charge on any atom is -0.291 e. The Morgan fingerprint density at radius 3 is 1.19 bits per heavy atom. The van der Waals surface area contributed by atoms with Crippen molar-refractivity contribution >= 4 is 28.5 Å². The van der Waals surface area contributed by atoms with Gasteiger partial charge >= 0.3 is 5.96 Å². The Hall–Kier alpha value is -3.01. The van der Waals surface area contributed by atoms with Crippen LogP contribution in [0.5, 0.6) is 0 Å². The van der Waals surface area contributed by atoms with E-state index in [1.807, 2.05) is 38.0 Å². The van der Waals surface area contributed by atoms with Gasteiger partial charge in [0, 0.05) is 0 Å². The van der Waals surface area contributed by atoms with Gasteiger partial charge in [0.15, 0.2) is 0 Å². The molecule has 31 heavy (non-hydrogen) atoms. The second-order valence-corrected chi connectivity index (χ2v) is 8.57. The number of hydrogen-bond acceptors (Lipinski definition) is 0. The number of unbranched alkanes of at least 4 members (excludes halogenated alkanes) is 1. The molecule has 0 heterocycles. The van der Waals surface area contributed by atoms with Crippen molar-refractivity contribution in [3.63, 3.8) is 0 Å². The van der Waals surface area contributed by atoms with Crippen LogP contribution in [0, 0.1) is 0 Å². The SMILES string of the molecule is CCCC[B-](c1ccccc1)(c1ccccc1)c1ccccc1.CN(C)C(=[NH2+])N(C)C. The van der Waals surface area contributed by atoms with Gasteiger partial charge in [-0.1, -0.05) is 111 Å². The molecule has 0 spiro atoms. The molecule has 2 N–H and O–H groups in total. The standard InChI is InChI=1S/C22H24B.C5H13N3/c1-2-3-19-23(20-13-7-4-8-14-20,21-15-9-5-10-16-21)22-17-11-6-12-18-22;1-7(2)5(6)8(3)4/h4-18H,2-3,19H2,1H3;6H,1-4H3/q-1;/p+1. The molecule has 3 rings (SSSR count). The molecule has 164 valence electrons. The number of benzene rings is 3. The van der Waals surface area contributed by atoms with Crippen molar-refractivity contribution in [3.8, 4) is 0 Å². The van der Waals surface area contributed by atoms with Crippen molar-refractivity contribution in [2.45, 2.75) is 26.1 Å². The second-order valence-electron chi connectivity index (χ2n) is 8.57. The van der Waals surface area contributed by atoms with E-state index in [9.17, 15) is 0 Å². The summed E-state index contributed by atoms with van der Waals surface area (Å²) in [6.45, 7) is 2.28. The number of nitrogens with two attached hydrogens (primary N) is 1. The highest BCUT2D eigenvalue weighted by Gasteiger charge is 2.28. The van der Waals surface area contributed by atoms with E-state index in [2.05, 4.69) is 97.9 Å². The number of guanidine groups is 1. The molecule has 0 fully saturated rings. The maximum Gasteiger partial charge on any atom is 0.344 e. The molecule has 0 aromatic heterocycles. The van der Waals surface area contributed by atoms with Crippen molar-refractivity contribution in [2.24, 2.45) is 0 Å². The highest BCUT2D eigenvalue weighted by atomic mass is 15.3. The Kier molecular flexibility index (Phi) is 9.39. The van der Waals surface area contributed by atoms with Crippen LogP contribution in [0.4, 0.5) is 0 Å². The average molecular weight is 415 g/mol. The molecule has 0 aliphatic carbocycles. The van der Waals surface area contributed by atoms with Crippen LogP contribution < -0.4 is 21.8 Å². The summed E-state index contributed by atoms with van der Waals surface area (Å²) in [6.07, 6.45) is 2.73. The van der Waals surface area contributed by atoms with Crippen LogP contribution in [0.3, 0.4) is 0 Å². The summed E-state index contributed by atoms with van der Waals surface area (Å²) in [5.41, 5.74) is 4.33.